The first-order valence-electron chi connectivity index (χ1n) is 13.1. The number of carbonyl (C=O) groups is 1. The van der Waals surface area contributed by atoms with Crippen molar-refractivity contribution < 1.29 is 18.7 Å². The van der Waals surface area contributed by atoms with Gasteiger partial charge in [0.15, 0.2) is 0 Å². The number of allylic oxidation sites excluding steroid dienone is 1. The van der Waals surface area contributed by atoms with E-state index in [0.717, 1.165) is 11.5 Å². The average Bonchev–Trinajstić information content (AvgIpc) is 2.95. The number of carbonyl (C=O) groups excluding carboxylic acids is 1. The molecule has 0 spiro atoms. The van der Waals surface area contributed by atoms with Crippen molar-refractivity contribution in [1.82, 2.24) is 20.2 Å². The molecular formula is C29H37ClFN5O3. The lowest BCUT2D eigenvalue weighted by Crippen LogP contribution is -2.36. The molecule has 39 heavy (non-hydrogen) atoms. The number of rotatable bonds is 9. The molecule has 1 aliphatic heterocycles. The fourth-order valence-corrected chi connectivity index (χ4v) is 4.08. The Labute approximate surface area is 234 Å². The van der Waals surface area contributed by atoms with Crippen molar-refractivity contribution >= 4 is 34.4 Å². The molecule has 0 bridgehead atoms. The molecular weight excluding hydrogens is 521 g/mol. The van der Waals surface area contributed by atoms with E-state index < -0.39 is 11.9 Å². The monoisotopic (exact) mass is 557 g/mol. The lowest BCUT2D eigenvalue weighted by atomic mass is 10.0. The van der Waals surface area contributed by atoms with Crippen molar-refractivity contribution in [3.63, 3.8) is 0 Å². The largest absolute Gasteiger partial charge is 0.486 e. The smallest absolute Gasteiger partial charge is 0.251 e. The molecule has 2 aromatic carbocycles. The molecule has 210 valence electrons. The van der Waals surface area contributed by atoms with Gasteiger partial charge in [0.05, 0.1) is 35.5 Å². The van der Waals surface area contributed by atoms with Crippen LogP contribution in [0.3, 0.4) is 0 Å². The molecule has 1 N–H and O–H groups in total. The number of likely N-dealkylation sites (N-methyl/N-ethyl adjacent to an activating group) is 1. The first-order valence-corrected chi connectivity index (χ1v) is 13.5. The second-order valence-corrected chi connectivity index (χ2v) is 9.42. The fourth-order valence-electron chi connectivity index (χ4n) is 3.97. The molecule has 1 unspecified atom stereocenters. The number of ether oxygens (including phenoxy) is 2. The SMILES string of the molecule is C=C(C)N(C)CCNC(=O)c1cc(C(C)Oc2ccc(Cl)c(F)c2)c2nc(N3CCOCC3)cnc2c1.CC. The van der Waals surface area contributed by atoms with Crippen LogP contribution in [-0.4, -0.2) is 67.2 Å². The molecule has 2 heterocycles. The number of aromatic nitrogens is 2. The van der Waals surface area contributed by atoms with Crippen LogP contribution in [0.5, 0.6) is 5.75 Å². The minimum atomic E-state index is -0.571. The maximum absolute atomic E-state index is 14.0. The van der Waals surface area contributed by atoms with Crippen molar-refractivity contribution in [3.05, 3.63) is 70.8 Å². The van der Waals surface area contributed by atoms with Gasteiger partial charge < -0.3 is 24.6 Å². The van der Waals surface area contributed by atoms with E-state index in [2.05, 4.69) is 21.8 Å². The first kappa shape index (κ1) is 30.1. The summed E-state index contributed by atoms with van der Waals surface area (Å²) in [5.74, 6) is 0.236. The van der Waals surface area contributed by atoms with Gasteiger partial charge in [0.25, 0.3) is 5.91 Å². The molecule has 1 aromatic heterocycles. The van der Waals surface area contributed by atoms with Gasteiger partial charge >= 0.3 is 0 Å². The second kappa shape index (κ2) is 14.1. The van der Waals surface area contributed by atoms with E-state index in [0.29, 0.717) is 67.3 Å². The molecule has 4 rings (SSSR count). The van der Waals surface area contributed by atoms with Crippen LogP contribution in [0.4, 0.5) is 10.2 Å². The molecule has 1 amide bonds. The van der Waals surface area contributed by atoms with E-state index >= 15 is 0 Å². The Kier molecular flexibility index (Phi) is 10.9. The number of nitrogens with zero attached hydrogens (tertiary/aromatic N) is 4. The minimum Gasteiger partial charge on any atom is -0.486 e. The quantitative estimate of drug-likeness (QED) is 0.366. The van der Waals surface area contributed by atoms with Crippen LogP contribution in [0.15, 0.2) is 48.8 Å². The number of benzene rings is 2. The van der Waals surface area contributed by atoms with Crippen LogP contribution in [0.1, 0.15) is 49.7 Å². The highest BCUT2D eigenvalue weighted by Gasteiger charge is 2.21. The summed E-state index contributed by atoms with van der Waals surface area (Å²) in [7, 11) is 1.92. The van der Waals surface area contributed by atoms with Crippen molar-refractivity contribution in [2.45, 2.75) is 33.8 Å². The molecule has 10 heteroatoms. The van der Waals surface area contributed by atoms with Gasteiger partial charge in [-0.05, 0) is 38.1 Å². The highest BCUT2D eigenvalue weighted by molar-refractivity contribution is 6.30. The van der Waals surface area contributed by atoms with Crippen molar-refractivity contribution in [2.24, 2.45) is 0 Å². The number of hydrogen-bond donors (Lipinski definition) is 1. The Hall–Kier alpha value is -3.43. The summed E-state index contributed by atoms with van der Waals surface area (Å²) in [5, 5.41) is 2.96. The van der Waals surface area contributed by atoms with E-state index in [1.54, 1.807) is 24.4 Å². The lowest BCUT2D eigenvalue weighted by molar-refractivity contribution is 0.0951. The van der Waals surface area contributed by atoms with Crippen molar-refractivity contribution in [2.75, 3.05) is 51.3 Å². The number of hydrogen-bond acceptors (Lipinski definition) is 7. The summed E-state index contributed by atoms with van der Waals surface area (Å²) in [6, 6.07) is 7.76. The van der Waals surface area contributed by atoms with Gasteiger partial charge in [-0.1, -0.05) is 32.0 Å². The molecule has 0 saturated carbocycles. The standard InChI is InChI=1S/C27H31ClFN5O3.C2H6/c1-17(2)33(4)8-7-30-27(35)19-13-21(18(3)37-20-5-6-22(28)23(29)15-20)26-24(14-19)31-16-25(32-26)34-9-11-36-12-10-34;1-2/h5-6,13-16,18H,1,7-12H2,2-4H3,(H,30,35);1-2H3. The zero-order valence-corrected chi connectivity index (χ0v) is 24.0. The average molecular weight is 558 g/mol. The zero-order chi connectivity index (χ0) is 28.5. The van der Waals surface area contributed by atoms with E-state index in [1.807, 2.05) is 39.6 Å². The van der Waals surface area contributed by atoms with E-state index in [4.69, 9.17) is 26.1 Å². The molecule has 0 radical (unpaired) electrons. The summed E-state index contributed by atoms with van der Waals surface area (Å²) in [5.41, 5.74) is 3.20. The molecule has 1 saturated heterocycles. The molecule has 1 fully saturated rings. The predicted octanol–water partition coefficient (Wildman–Crippen LogP) is 5.62. The van der Waals surface area contributed by atoms with Gasteiger partial charge in [0.1, 0.15) is 23.5 Å². The third-order valence-electron chi connectivity index (χ3n) is 6.29. The van der Waals surface area contributed by atoms with Gasteiger partial charge in [0, 0.05) is 56.1 Å². The highest BCUT2D eigenvalue weighted by atomic mass is 35.5. The Morgan fingerprint density at radius 2 is 2.00 bits per heavy atom. The number of nitrogens with one attached hydrogen (secondary N) is 1. The first-order chi connectivity index (χ1) is 18.7. The summed E-state index contributed by atoms with van der Waals surface area (Å²) in [4.78, 5) is 26.6. The third kappa shape index (κ3) is 7.80. The molecule has 1 atom stereocenters. The summed E-state index contributed by atoms with van der Waals surface area (Å²) in [6.45, 7) is 15.4. The van der Waals surface area contributed by atoms with Crippen LogP contribution >= 0.6 is 11.6 Å². The van der Waals surface area contributed by atoms with Gasteiger partial charge in [-0.3, -0.25) is 9.78 Å². The maximum atomic E-state index is 14.0. The van der Waals surface area contributed by atoms with Crippen LogP contribution in [0.2, 0.25) is 5.02 Å². The summed E-state index contributed by atoms with van der Waals surface area (Å²) < 4.78 is 25.5. The van der Waals surface area contributed by atoms with Crippen LogP contribution in [0, 0.1) is 5.82 Å². The number of fused-ring (bicyclic) bond motifs is 1. The lowest BCUT2D eigenvalue weighted by Gasteiger charge is -2.28. The normalized spacial score (nSPS) is 13.8. The summed E-state index contributed by atoms with van der Waals surface area (Å²) in [6.07, 6.45) is 1.15. The van der Waals surface area contributed by atoms with Crippen LogP contribution < -0.4 is 15.0 Å². The molecule has 3 aromatic rings. The van der Waals surface area contributed by atoms with Gasteiger partial charge in [-0.2, -0.15) is 0 Å². The van der Waals surface area contributed by atoms with Crippen LogP contribution in [-0.2, 0) is 4.74 Å². The Morgan fingerprint density at radius 3 is 2.67 bits per heavy atom. The summed E-state index contributed by atoms with van der Waals surface area (Å²) >= 11 is 5.82. The van der Waals surface area contributed by atoms with Crippen molar-refractivity contribution in [3.8, 4) is 5.75 Å². The number of morpholine rings is 1. The van der Waals surface area contributed by atoms with E-state index in [-0.39, 0.29) is 10.9 Å². The number of anilines is 1. The van der Waals surface area contributed by atoms with Gasteiger partial charge in [-0.15, -0.1) is 0 Å². The highest BCUT2D eigenvalue weighted by Crippen LogP contribution is 2.30. The molecule has 0 aliphatic carbocycles. The third-order valence-corrected chi connectivity index (χ3v) is 6.59. The minimum absolute atomic E-state index is 0.0161. The second-order valence-electron chi connectivity index (χ2n) is 9.01. The topological polar surface area (TPSA) is 79.8 Å². The number of halogens is 2. The van der Waals surface area contributed by atoms with Gasteiger partial charge in [0.2, 0.25) is 0 Å². The fraction of sp³-hybridized carbons (Fsp3) is 0.414. The molecule has 8 nitrogen and oxygen atoms in total. The Morgan fingerprint density at radius 1 is 1.28 bits per heavy atom. The van der Waals surface area contributed by atoms with E-state index in [9.17, 15) is 9.18 Å². The zero-order valence-electron chi connectivity index (χ0n) is 23.3. The van der Waals surface area contributed by atoms with E-state index in [1.165, 1.54) is 12.1 Å². The van der Waals surface area contributed by atoms with Crippen molar-refractivity contribution in [1.29, 1.82) is 0 Å². The number of amides is 1. The molecule has 1 aliphatic rings. The maximum Gasteiger partial charge on any atom is 0.251 e. The Bertz CT molecular complexity index is 1300. The Balaban J connectivity index is 0.00000205. The van der Waals surface area contributed by atoms with Gasteiger partial charge in [-0.25, -0.2) is 9.37 Å². The predicted molar refractivity (Wildman–Crippen MR) is 154 cm³/mol. The van der Waals surface area contributed by atoms with Crippen LogP contribution in [0.25, 0.3) is 11.0 Å².